The second-order valence-corrected chi connectivity index (χ2v) is 6.18. The van der Waals surface area contributed by atoms with Crippen molar-refractivity contribution >= 4 is 5.96 Å². The molecule has 5 nitrogen and oxygen atoms in total. The first-order valence-corrected chi connectivity index (χ1v) is 8.90. The van der Waals surface area contributed by atoms with Gasteiger partial charge in [0.15, 0.2) is 5.96 Å². The van der Waals surface area contributed by atoms with Crippen LogP contribution in [0, 0.1) is 0 Å². The standard InChI is InChI=1S/C17H35N3O2/c1-15(2)21-13-7-11-19-17(18-3)20-12-8-14-22-16-9-5-4-6-10-16/h15-16H,4-14H2,1-3H3,(H2,18,19,20). The van der Waals surface area contributed by atoms with Gasteiger partial charge in [-0.2, -0.15) is 0 Å². The molecule has 0 spiro atoms. The zero-order chi connectivity index (χ0) is 16.0. The van der Waals surface area contributed by atoms with E-state index in [1.807, 2.05) is 0 Å². The van der Waals surface area contributed by atoms with Crippen molar-refractivity contribution < 1.29 is 9.47 Å². The normalized spacial score (nSPS) is 17.0. The summed E-state index contributed by atoms with van der Waals surface area (Å²) in [5, 5.41) is 6.63. The number of nitrogens with one attached hydrogen (secondary N) is 2. The van der Waals surface area contributed by atoms with Gasteiger partial charge in [-0.15, -0.1) is 0 Å². The topological polar surface area (TPSA) is 54.9 Å². The van der Waals surface area contributed by atoms with Crippen molar-refractivity contribution in [1.29, 1.82) is 0 Å². The summed E-state index contributed by atoms with van der Waals surface area (Å²) >= 11 is 0. The Morgan fingerprint density at radius 1 is 1.05 bits per heavy atom. The molecule has 0 amide bonds. The van der Waals surface area contributed by atoms with E-state index in [1.54, 1.807) is 7.05 Å². The third kappa shape index (κ3) is 10.0. The highest BCUT2D eigenvalue weighted by Gasteiger charge is 2.12. The minimum Gasteiger partial charge on any atom is -0.379 e. The average Bonchev–Trinajstić information content (AvgIpc) is 2.53. The molecule has 0 saturated heterocycles. The third-order valence-electron chi connectivity index (χ3n) is 3.81. The first-order chi connectivity index (χ1) is 10.7. The van der Waals surface area contributed by atoms with Gasteiger partial charge in [-0.25, -0.2) is 0 Å². The molecule has 0 bridgehead atoms. The third-order valence-corrected chi connectivity index (χ3v) is 3.81. The summed E-state index contributed by atoms with van der Waals surface area (Å²) in [4.78, 5) is 4.22. The fraction of sp³-hybridized carbons (Fsp3) is 0.941. The first kappa shape index (κ1) is 19.2. The lowest BCUT2D eigenvalue weighted by atomic mass is 9.98. The average molecular weight is 313 g/mol. The van der Waals surface area contributed by atoms with Crippen molar-refractivity contribution in [3.63, 3.8) is 0 Å². The summed E-state index contributed by atoms with van der Waals surface area (Å²) in [6.45, 7) is 7.53. The largest absolute Gasteiger partial charge is 0.379 e. The fourth-order valence-corrected chi connectivity index (χ4v) is 2.58. The molecule has 22 heavy (non-hydrogen) atoms. The zero-order valence-corrected chi connectivity index (χ0v) is 14.7. The van der Waals surface area contributed by atoms with E-state index in [0.29, 0.717) is 12.2 Å². The number of aliphatic imine (C=N–C) groups is 1. The van der Waals surface area contributed by atoms with E-state index in [-0.39, 0.29) is 0 Å². The summed E-state index contributed by atoms with van der Waals surface area (Å²) < 4.78 is 11.4. The van der Waals surface area contributed by atoms with Crippen molar-refractivity contribution in [2.75, 3.05) is 33.4 Å². The maximum absolute atomic E-state index is 5.92. The van der Waals surface area contributed by atoms with Crippen molar-refractivity contribution in [1.82, 2.24) is 10.6 Å². The van der Waals surface area contributed by atoms with Gasteiger partial charge in [-0.05, 0) is 39.5 Å². The zero-order valence-electron chi connectivity index (χ0n) is 14.7. The van der Waals surface area contributed by atoms with Crippen molar-refractivity contribution in [3.05, 3.63) is 0 Å². The van der Waals surface area contributed by atoms with Crippen LogP contribution in [0.4, 0.5) is 0 Å². The monoisotopic (exact) mass is 313 g/mol. The molecule has 1 saturated carbocycles. The van der Waals surface area contributed by atoms with Gasteiger partial charge in [0.25, 0.3) is 0 Å². The molecule has 0 heterocycles. The Hall–Kier alpha value is -0.810. The molecule has 0 unspecified atom stereocenters. The summed E-state index contributed by atoms with van der Waals surface area (Å²) in [6.07, 6.45) is 9.36. The minimum atomic E-state index is 0.307. The van der Waals surface area contributed by atoms with E-state index in [1.165, 1.54) is 32.1 Å². The van der Waals surface area contributed by atoms with Crippen LogP contribution in [-0.2, 0) is 9.47 Å². The molecule has 0 aromatic carbocycles. The van der Waals surface area contributed by atoms with Gasteiger partial charge < -0.3 is 20.1 Å². The molecular weight excluding hydrogens is 278 g/mol. The minimum absolute atomic E-state index is 0.307. The maximum atomic E-state index is 5.92. The number of ether oxygens (including phenoxy) is 2. The molecule has 2 N–H and O–H groups in total. The van der Waals surface area contributed by atoms with Crippen LogP contribution in [0.2, 0.25) is 0 Å². The second-order valence-electron chi connectivity index (χ2n) is 6.18. The van der Waals surface area contributed by atoms with Gasteiger partial charge >= 0.3 is 0 Å². The Morgan fingerprint density at radius 2 is 1.68 bits per heavy atom. The van der Waals surface area contributed by atoms with Crippen LogP contribution >= 0.6 is 0 Å². The first-order valence-electron chi connectivity index (χ1n) is 8.90. The maximum Gasteiger partial charge on any atom is 0.190 e. The van der Waals surface area contributed by atoms with Gasteiger partial charge in [0.1, 0.15) is 0 Å². The SMILES string of the molecule is CN=C(NCCCOC(C)C)NCCCOC1CCCCC1. The molecule has 1 aliphatic rings. The van der Waals surface area contributed by atoms with E-state index in [2.05, 4.69) is 29.5 Å². The summed E-state index contributed by atoms with van der Waals surface area (Å²) in [5.74, 6) is 0.863. The highest BCUT2D eigenvalue weighted by Crippen LogP contribution is 2.20. The molecular formula is C17H35N3O2. The van der Waals surface area contributed by atoms with Crippen LogP contribution in [0.3, 0.4) is 0 Å². The summed E-state index contributed by atoms with van der Waals surface area (Å²) in [6, 6.07) is 0. The van der Waals surface area contributed by atoms with E-state index >= 15 is 0 Å². The molecule has 0 aromatic rings. The van der Waals surface area contributed by atoms with Gasteiger partial charge in [0.05, 0.1) is 12.2 Å². The molecule has 0 aliphatic heterocycles. The summed E-state index contributed by atoms with van der Waals surface area (Å²) in [7, 11) is 1.80. The van der Waals surface area contributed by atoms with E-state index in [4.69, 9.17) is 9.47 Å². The quantitative estimate of drug-likeness (QED) is 0.370. The van der Waals surface area contributed by atoms with Crippen molar-refractivity contribution in [2.45, 2.75) is 71.0 Å². The molecule has 130 valence electrons. The van der Waals surface area contributed by atoms with Gasteiger partial charge in [0, 0.05) is 33.4 Å². The Kier molecular flexibility index (Phi) is 11.1. The highest BCUT2D eigenvalue weighted by atomic mass is 16.5. The smallest absolute Gasteiger partial charge is 0.190 e. The molecule has 1 aliphatic carbocycles. The lowest BCUT2D eigenvalue weighted by Crippen LogP contribution is -2.38. The van der Waals surface area contributed by atoms with E-state index < -0.39 is 0 Å². The molecule has 5 heteroatoms. The Balaban J connectivity index is 1.94. The fourth-order valence-electron chi connectivity index (χ4n) is 2.58. The Bertz CT molecular complexity index is 290. The van der Waals surface area contributed by atoms with Crippen LogP contribution in [0.15, 0.2) is 4.99 Å². The van der Waals surface area contributed by atoms with Crippen molar-refractivity contribution in [3.8, 4) is 0 Å². The van der Waals surface area contributed by atoms with E-state index in [9.17, 15) is 0 Å². The van der Waals surface area contributed by atoms with E-state index in [0.717, 1.165) is 45.1 Å². The van der Waals surface area contributed by atoms with Gasteiger partial charge in [0.2, 0.25) is 0 Å². The van der Waals surface area contributed by atoms with Gasteiger partial charge in [-0.3, -0.25) is 4.99 Å². The molecule has 0 radical (unpaired) electrons. The highest BCUT2D eigenvalue weighted by molar-refractivity contribution is 5.79. The molecule has 0 aromatic heterocycles. The lowest BCUT2D eigenvalue weighted by molar-refractivity contribution is 0.0277. The molecule has 0 atom stereocenters. The van der Waals surface area contributed by atoms with Crippen molar-refractivity contribution in [2.24, 2.45) is 4.99 Å². The summed E-state index contributed by atoms with van der Waals surface area (Å²) in [5.41, 5.74) is 0. The van der Waals surface area contributed by atoms with Crippen LogP contribution < -0.4 is 10.6 Å². The van der Waals surface area contributed by atoms with Crippen LogP contribution in [-0.4, -0.2) is 51.5 Å². The second kappa shape index (κ2) is 12.7. The predicted molar refractivity (Wildman–Crippen MR) is 92.5 cm³/mol. The number of hydrogen-bond acceptors (Lipinski definition) is 3. The number of hydrogen-bond donors (Lipinski definition) is 2. The molecule has 1 fully saturated rings. The van der Waals surface area contributed by atoms with Crippen LogP contribution in [0.25, 0.3) is 0 Å². The van der Waals surface area contributed by atoms with Crippen LogP contribution in [0.5, 0.6) is 0 Å². The number of nitrogens with zero attached hydrogens (tertiary/aromatic N) is 1. The van der Waals surface area contributed by atoms with Gasteiger partial charge in [-0.1, -0.05) is 19.3 Å². The number of rotatable bonds is 10. The lowest BCUT2D eigenvalue weighted by Gasteiger charge is -2.22. The number of guanidine groups is 1. The predicted octanol–water partition coefficient (Wildman–Crippen LogP) is 2.71. The van der Waals surface area contributed by atoms with Crippen LogP contribution in [0.1, 0.15) is 58.8 Å². The Labute approximate surface area is 136 Å². The molecule has 1 rings (SSSR count). The Morgan fingerprint density at radius 3 is 2.27 bits per heavy atom.